The molecule has 0 amide bonds. The van der Waals surface area contributed by atoms with Gasteiger partial charge in [0.2, 0.25) is 0 Å². The first-order chi connectivity index (χ1) is 28.6. The maximum atomic E-state index is 5.37. The largest absolute Gasteiger partial charge is 0.320 e. The van der Waals surface area contributed by atoms with Crippen molar-refractivity contribution in [1.29, 1.82) is 0 Å². The van der Waals surface area contributed by atoms with Gasteiger partial charge in [-0.3, -0.25) is 0 Å². The Morgan fingerprint density at radius 1 is 0.603 bits per heavy atom. The van der Waals surface area contributed by atoms with Gasteiger partial charge in [-0.25, -0.2) is 15.0 Å². The van der Waals surface area contributed by atoms with Gasteiger partial charge < -0.3 is 9.47 Å². The van der Waals surface area contributed by atoms with Crippen molar-refractivity contribution in [3.8, 4) is 22.3 Å². The van der Waals surface area contributed by atoms with E-state index in [9.17, 15) is 0 Å². The Kier molecular flexibility index (Phi) is 8.88. The van der Waals surface area contributed by atoms with Crippen molar-refractivity contribution in [2.24, 2.45) is 15.0 Å². The van der Waals surface area contributed by atoms with Gasteiger partial charge >= 0.3 is 0 Å². The standard InChI is InChI=1S/C53H39N5/c1-36-15-12-13-32-57(49-23-9-6-18-42(36)49)41-30-31-43-40(33-41)34-48-44(43)21-14-22-47(48)53(55-35-58-50-24-10-7-19-45(50)46-20-8-11-25-51(46)58)56-52(54-2)39-28-26-38(27-29-39)37-16-4-3-5-17-37/h3-33H,1-2,34-35H2/b15-12-,32-13-,55-53?,56-52?. The number of amidine groups is 2. The fourth-order valence-electron chi connectivity index (χ4n) is 8.43. The van der Waals surface area contributed by atoms with Crippen molar-refractivity contribution >= 4 is 57.1 Å². The van der Waals surface area contributed by atoms with Gasteiger partial charge in [-0.05, 0) is 88.5 Å². The summed E-state index contributed by atoms with van der Waals surface area (Å²) < 4.78 is 2.28. The lowest BCUT2D eigenvalue weighted by Crippen LogP contribution is -2.11. The second-order valence-corrected chi connectivity index (χ2v) is 14.6. The lowest BCUT2D eigenvalue weighted by molar-refractivity contribution is 0.791. The molecule has 7 aromatic carbocycles. The summed E-state index contributed by atoms with van der Waals surface area (Å²) in [5.41, 5.74) is 15.6. The van der Waals surface area contributed by atoms with Gasteiger partial charge in [0.25, 0.3) is 0 Å². The van der Waals surface area contributed by atoms with Gasteiger partial charge in [-0.15, -0.1) is 0 Å². The SMILES string of the molecule is C=NC(=NC(=NCn1c2ccccc2c2ccccc21)c1cccc2c1Cc1cc(N3/C=C\C=C/C(=C)c4ccccc43)ccc1-2)c1ccc(-c2ccccc2)cc1. The van der Waals surface area contributed by atoms with Crippen LogP contribution in [0, 0.1) is 0 Å². The highest BCUT2D eigenvalue weighted by Crippen LogP contribution is 2.43. The molecule has 0 spiro atoms. The lowest BCUT2D eigenvalue weighted by Gasteiger charge is -2.25. The van der Waals surface area contributed by atoms with Crippen LogP contribution in [-0.2, 0) is 13.1 Å². The molecule has 0 saturated heterocycles. The molecule has 2 heterocycles. The third kappa shape index (κ3) is 6.19. The van der Waals surface area contributed by atoms with Crippen molar-refractivity contribution < 1.29 is 0 Å². The summed E-state index contributed by atoms with van der Waals surface area (Å²) in [5, 5.41) is 2.41. The molecule has 1 aliphatic heterocycles. The fraction of sp³-hybridized carbons (Fsp3) is 0.0377. The van der Waals surface area contributed by atoms with E-state index in [-0.39, 0.29) is 0 Å². The van der Waals surface area contributed by atoms with Gasteiger partial charge in [-0.2, -0.15) is 0 Å². The Morgan fingerprint density at radius 2 is 1.29 bits per heavy atom. The first kappa shape index (κ1) is 34.8. The van der Waals surface area contributed by atoms with Crippen molar-refractivity contribution in [3.63, 3.8) is 0 Å². The molecular formula is C53H39N5. The number of anilines is 2. The maximum Gasteiger partial charge on any atom is 0.161 e. The Balaban J connectivity index is 1.08. The fourth-order valence-corrected chi connectivity index (χ4v) is 8.43. The minimum atomic E-state index is 0.380. The minimum Gasteiger partial charge on any atom is -0.320 e. The molecule has 0 radical (unpaired) electrons. The van der Waals surface area contributed by atoms with E-state index in [0.717, 1.165) is 62.2 Å². The third-order valence-corrected chi connectivity index (χ3v) is 11.2. The number of allylic oxidation sites excluding steroid dienone is 4. The molecule has 0 N–H and O–H groups in total. The average molecular weight is 746 g/mol. The number of fused-ring (bicyclic) bond motifs is 7. The molecule has 58 heavy (non-hydrogen) atoms. The Hall–Kier alpha value is -7.63. The highest BCUT2D eigenvalue weighted by molar-refractivity contribution is 6.14. The van der Waals surface area contributed by atoms with Crippen molar-refractivity contribution in [1.82, 2.24) is 4.57 Å². The normalized spacial score (nSPS) is 14.8. The summed E-state index contributed by atoms with van der Waals surface area (Å²) in [6, 6.07) is 57.5. The summed E-state index contributed by atoms with van der Waals surface area (Å²) in [7, 11) is 0. The average Bonchev–Trinajstić information content (AvgIpc) is 3.81. The van der Waals surface area contributed by atoms with Crippen molar-refractivity contribution in [2.75, 3.05) is 4.90 Å². The van der Waals surface area contributed by atoms with Crippen LogP contribution in [0.1, 0.15) is 27.8 Å². The number of rotatable bonds is 6. The van der Waals surface area contributed by atoms with Crippen LogP contribution in [0.2, 0.25) is 0 Å². The van der Waals surface area contributed by atoms with Crippen LogP contribution in [0.3, 0.4) is 0 Å². The molecule has 5 heteroatoms. The van der Waals surface area contributed by atoms with Crippen LogP contribution < -0.4 is 4.90 Å². The van der Waals surface area contributed by atoms with Crippen molar-refractivity contribution in [3.05, 3.63) is 223 Å². The Morgan fingerprint density at radius 3 is 2.07 bits per heavy atom. The zero-order valence-electron chi connectivity index (χ0n) is 32.0. The zero-order chi connectivity index (χ0) is 39.0. The summed E-state index contributed by atoms with van der Waals surface area (Å²) in [6.07, 6.45) is 9.04. The quantitative estimate of drug-likeness (QED) is 0.123. The molecule has 0 atom stereocenters. The molecular weight excluding hydrogens is 707 g/mol. The number of aromatic nitrogens is 1. The molecule has 8 aromatic rings. The van der Waals surface area contributed by atoms with Crippen LogP contribution in [-0.4, -0.2) is 23.0 Å². The molecule has 0 bridgehead atoms. The number of nitrogens with zero attached hydrogens (tertiary/aromatic N) is 5. The van der Waals surface area contributed by atoms with Gasteiger partial charge in [0, 0.05) is 39.4 Å². The van der Waals surface area contributed by atoms with E-state index >= 15 is 0 Å². The van der Waals surface area contributed by atoms with Gasteiger partial charge in [0.1, 0.15) is 6.67 Å². The maximum absolute atomic E-state index is 5.37. The Bertz CT molecular complexity index is 2980. The summed E-state index contributed by atoms with van der Waals surface area (Å²) in [5.74, 6) is 1.14. The van der Waals surface area contributed by atoms with E-state index < -0.39 is 0 Å². The number of hydrogen-bond acceptors (Lipinski definition) is 2. The predicted octanol–water partition coefficient (Wildman–Crippen LogP) is 12.8. The van der Waals surface area contributed by atoms with E-state index in [1.807, 2.05) is 12.1 Å². The van der Waals surface area contributed by atoms with Gasteiger partial charge in [0.05, 0.1) is 16.7 Å². The van der Waals surface area contributed by atoms with E-state index in [0.29, 0.717) is 18.3 Å². The molecule has 0 saturated carbocycles. The number of para-hydroxylation sites is 3. The van der Waals surface area contributed by atoms with E-state index in [4.69, 9.17) is 9.98 Å². The van der Waals surface area contributed by atoms with Crippen LogP contribution in [0.25, 0.3) is 49.6 Å². The van der Waals surface area contributed by atoms with Crippen LogP contribution in [0.4, 0.5) is 11.4 Å². The molecule has 10 rings (SSSR count). The number of benzene rings is 7. The Labute approximate surface area is 338 Å². The molecule has 0 unspecified atom stereocenters. The zero-order valence-corrected chi connectivity index (χ0v) is 32.0. The third-order valence-electron chi connectivity index (χ3n) is 11.2. The van der Waals surface area contributed by atoms with Crippen molar-refractivity contribution in [2.45, 2.75) is 13.1 Å². The summed E-state index contributed by atoms with van der Waals surface area (Å²) in [6.45, 7) is 8.71. The van der Waals surface area contributed by atoms with Crippen LogP contribution in [0.15, 0.2) is 210 Å². The first-order valence-corrected chi connectivity index (χ1v) is 19.5. The van der Waals surface area contributed by atoms with E-state index in [1.54, 1.807) is 0 Å². The highest BCUT2D eigenvalue weighted by Gasteiger charge is 2.25. The molecule has 0 fully saturated rings. The molecule has 5 nitrogen and oxygen atoms in total. The first-order valence-electron chi connectivity index (χ1n) is 19.5. The van der Waals surface area contributed by atoms with E-state index in [1.165, 1.54) is 33.0 Å². The lowest BCUT2D eigenvalue weighted by atomic mass is 10.00. The predicted molar refractivity (Wildman–Crippen MR) is 245 cm³/mol. The van der Waals surface area contributed by atoms with Gasteiger partial charge in [-0.1, -0.05) is 152 Å². The summed E-state index contributed by atoms with van der Waals surface area (Å²) in [4.78, 5) is 17.4. The second kappa shape index (κ2) is 14.8. The second-order valence-electron chi connectivity index (χ2n) is 14.6. The smallest absolute Gasteiger partial charge is 0.161 e. The summed E-state index contributed by atoms with van der Waals surface area (Å²) >= 11 is 0. The molecule has 276 valence electrons. The molecule has 2 aliphatic rings. The monoisotopic (exact) mass is 745 g/mol. The van der Waals surface area contributed by atoms with Crippen LogP contribution >= 0.6 is 0 Å². The highest BCUT2D eigenvalue weighted by atomic mass is 15.1. The number of hydrogen-bond donors (Lipinski definition) is 0. The van der Waals surface area contributed by atoms with Crippen LogP contribution in [0.5, 0.6) is 0 Å². The minimum absolute atomic E-state index is 0.380. The topological polar surface area (TPSA) is 45.2 Å². The van der Waals surface area contributed by atoms with Gasteiger partial charge in [0.15, 0.2) is 11.7 Å². The molecule has 1 aliphatic carbocycles. The van der Waals surface area contributed by atoms with E-state index in [2.05, 4.69) is 204 Å². The number of aliphatic imine (C=N–C) groups is 3. The molecule has 1 aromatic heterocycles.